The van der Waals surface area contributed by atoms with Gasteiger partial charge in [0, 0.05) is 43.6 Å². The van der Waals surface area contributed by atoms with E-state index in [2.05, 4.69) is 5.32 Å². The molecule has 5 nitrogen and oxygen atoms in total. The van der Waals surface area contributed by atoms with Crippen molar-refractivity contribution in [1.82, 2.24) is 10.2 Å². The Kier molecular flexibility index (Phi) is 3.33. The van der Waals surface area contributed by atoms with E-state index in [1.165, 1.54) is 6.42 Å². The molecular weight excluding hydrogens is 280 g/mol. The molecule has 3 heterocycles. The van der Waals surface area contributed by atoms with Crippen molar-refractivity contribution < 1.29 is 14.0 Å². The second kappa shape index (κ2) is 5.23. The molecule has 22 heavy (non-hydrogen) atoms. The summed E-state index contributed by atoms with van der Waals surface area (Å²) in [7, 11) is 0. The molecule has 2 atom stereocenters. The molecule has 2 aliphatic heterocycles. The van der Waals surface area contributed by atoms with Crippen LogP contribution in [-0.4, -0.2) is 41.8 Å². The highest BCUT2D eigenvalue weighted by atomic mass is 16.4. The number of nitrogens with zero attached hydrogens (tertiary/aromatic N) is 1. The van der Waals surface area contributed by atoms with E-state index in [9.17, 15) is 9.59 Å². The van der Waals surface area contributed by atoms with Crippen molar-refractivity contribution in [3.05, 3.63) is 22.6 Å². The Hall–Kier alpha value is -1.62. The Labute approximate surface area is 130 Å². The Morgan fingerprint density at radius 2 is 2.05 bits per heavy atom. The van der Waals surface area contributed by atoms with Crippen LogP contribution in [0.1, 0.15) is 64.3 Å². The predicted octanol–water partition coefficient (Wildman–Crippen LogP) is 2.07. The number of amides is 1. The summed E-state index contributed by atoms with van der Waals surface area (Å²) in [4.78, 5) is 26.9. The molecule has 2 unspecified atom stereocenters. The molecule has 1 aromatic rings. The van der Waals surface area contributed by atoms with Crippen LogP contribution in [0.25, 0.3) is 0 Å². The summed E-state index contributed by atoms with van der Waals surface area (Å²) < 4.78 is 5.81. The second-order valence-corrected chi connectivity index (χ2v) is 6.81. The number of carbonyl (C=O) groups is 2. The van der Waals surface area contributed by atoms with E-state index >= 15 is 0 Å². The Morgan fingerprint density at radius 1 is 1.23 bits per heavy atom. The average Bonchev–Trinajstić information content (AvgIpc) is 2.99. The monoisotopic (exact) mass is 302 g/mol. The molecule has 1 N–H and O–H groups in total. The molecule has 2 bridgehead atoms. The molecule has 1 aromatic heterocycles. The van der Waals surface area contributed by atoms with Crippen molar-refractivity contribution in [3.8, 4) is 0 Å². The number of nitrogens with one attached hydrogen (secondary N) is 1. The maximum absolute atomic E-state index is 12.9. The lowest BCUT2D eigenvalue weighted by atomic mass is 9.94. The van der Waals surface area contributed by atoms with Gasteiger partial charge in [-0.1, -0.05) is 0 Å². The molecule has 0 radical (unpaired) electrons. The third kappa shape index (κ3) is 2.19. The molecule has 5 heteroatoms. The average molecular weight is 302 g/mol. The van der Waals surface area contributed by atoms with Crippen molar-refractivity contribution in [1.29, 1.82) is 0 Å². The largest absolute Gasteiger partial charge is 0.455 e. The fraction of sp³-hybridized carbons (Fsp3) is 0.647. The van der Waals surface area contributed by atoms with E-state index in [-0.39, 0.29) is 11.7 Å². The number of furan rings is 1. The number of ketones is 1. The highest BCUT2D eigenvalue weighted by Gasteiger charge is 2.35. The van der Waals surface area contributed by atoms with Gasteiger partial charge < -0.3 is 14.6 Å². The zero-order valence-corrected chi connectivity index (χ0v) is 13.0. The minimum absolute atomic E-state index is 0.0472. The molecule has 1 amide bonds. The first-order valence-corrected chi connectivity index (χ1v) is 8.34. The molecule has 0 aromatic carbocycles. The Bertz CT molecular complexity index is 634. The molecule has 0 saturated carbocycles. The molecule has 4 rings (SSSR count). The number of rotatable bonds is 1. The zero-order valence-electron chi connectivity index (χ0n) is 13.0. The molecule has 118 valence electrons. The SMILES string of the molecule is Cc1c(C(=O)N2CCC3CCC(C2)N3)oc2c1C(=O)CCC2. The smallest absolute Gasteiger partial charge is 0.289 e. The normalized spacial score (nSPS) is 27.7. The number of hydrogen-bond acceptors (Lipinski definition) is 4. The van der Waals surface area contributed by atoms with E-state index in [0.29, 0.717) is 35.6 Å². The van der Waals surface area contributed by atoms with Crippen LogP contribution in [0.4, 0.5) is 0 Å². The topological polar surface area (TPSA) is 62.6 Å². The standard InChI is InChI=1S/C17H22N2O3/c1-10-15-13(20)3-2-4-14(15)22-16(10)17(21)19-8-7-11-5-6-12(9-19)18-11/h11-12,18H,2-9H2,1H3. The van der Waals surface area contributed by atoms with E-state index in [0.717, 1.165) is 44.3 Å². The first-order valence-electron chi connectivity index (χ1n) is 8.34. The van der Waals surface area contributed by atoms with Crippen LogP contribution < -0.4 is 5.32 Å². The van der Waals surface area contributed by atoms with Crippen molar-refractivity contribution >= 4 is 11.7 Å². The third-order valence-corrected chi connectivity index (χ3v) is 5.31. The fourth-order valence-electron chi connectivity index (χ4n) is 4.12. The fourth-order valence-corrected chi connectivity index (χ4v) is 4.12. The van der Waals surface area contributed by atoms with Crippen LogP contribution >= 0.6 is 0 Å². The van der Waals surface area contributed by atoms with Crippen LogP contribution in [0, 0.1) is 6.92 Å². The lowest BCUT2D eigenvalue weighted by Gasteiger charge is -2.23. The van der Waals surface area contributed by atoms with Crippen LogP contribution in [0.2, 0.25) is 0 Å². The quantitative estimate of drug-likeness (QED) is 0.862. The molecule has 2 fully saturated rings. The Balaban J connectivity index is 1.62. The summed E-state index contributed by atoms with van der Waals surface area (Å²) >= 11 is 0. The number of carbonyl (C=O) groups excluding carboxylic acids is 2. The summed E-state index contributed by atoms with van der Waals surface area (Å²) in [6, 6.07) is 0.957. The van der Waals surface area contributed by atoms with E-state index < -0.39 is 0 Å². The zero-order chi connectivity index (χ0) is 15.3. The first-order chi connectivity index (χ1) is 10.6. The van der Waals surface area contributed by atoms with Crippen LogP contribution in [-0.2, 0) is 6.42 Å². The summed E-state index contributed by atoms with van der Waals surface area (Å²) in [5.74, 6) is 1.18. The van der Waals surface area contributed by atoms with Crippen molar-refractivity contribution in [2.24, 2.45) is 0 Å². The molecule has 0 spiro atoms. The van der Waals surface area contributed by atoms with Gasteiger partial charge in [0.25, 0.3) is 5.91 Å². The minimum atomic E-state index is -0.0472. The van der Waals surface area contributed by atoms with Gasteiger partial charge in [-0.25, -0.2) is 0 Å². The van der Waals surface area contributed by atoms with Crippen LogP contribution in [0.5, 0.6) is 0 Å². The summed E-state index contributed by atoms with van der Waals surface area (Å²) in [6.45, 7) is 3.36. The highest BCUT2D eigenvalue weighted by Crippen LogP contribution is 2.31. The second-order valence-electron chi connectivity index (χ2n) is 6.81. The van der Waals surface area contributed by atoms with Gasteiger partial charge in [-0.05, 0) is 32.6 Å². The Morgan fingerprint density at radius 3 is 2.86 bits per heavy atom. The van der Waals surface area contributed by atoms with E-state index in [1.807, 2.05) is 11.8 Å². The maximum atomic E-state index is 12.9. The number of Topliss-reactive ketones (excluding diaryl/α,β-unsaturated/α-hetero) is 1. The molecular formula is C17H22N2O3. The maximum Gasteiger partial charge on any atom is 0.289 e. The number of likely N-dealkylation sites (tertiary alicyclic amines) is 1. The number of hydrogen-bond donors (Lipinski definition) is 1. The van der Waals surface area contributed by atoms with Gasteiger partial charge >= 0.3 is 0 Å². The summed E-state index contributed by atoms with van der Waals surface area (Å²) in [5.41, 5.74) is 1.41. The van der Waals surface area contributed by atoms with Crippen LogP contribution in [0.15, 0.2) is 4.42 Å². The molecule has 1 aliphatic carbocycles. The van der Waals surface area contributed by atoms with Gasteiger partial charge in [-0.15, -0.1) is 0 Å². The van der Waals surface area contributed by atoms with Gasteiger partial charge in [0.2, 0.25) is 0 Å². The minimum Gasteiger partial charge on any atom is -0.455 e. The van der Waals surface area contributed by atoms with Gasteiger partial charge in [0.05, 0.1) is 5.56 Å². The van der Waals surface area contributed by atoms with E-state index in [4.69, 9.17) is 4.42 Å². The van der Waals surface area contributed by atoms with Crippen molar-refractivity contribution in [3.63, 3.8) is 0 Å². The van der Waals surface area contributed by atoms with Gasteiger partial charge in [-0.3, -0.25) is 9.59 Å². The summed E-state index contributed by atoms with van der Waals surface area (Å²) in [6.07, 6.45) is 5.51. The number of aryl methyl sites for hydroxylation is 1. The van der Waals surface area contributed by atoms with Gasteiger partial charge in [0.1, 0.15) is 5.76 Å². The van der Waals surface area contributed by atoms with Gasteiger partial charge in [0.15, 0.2) is 11.5 Å². The molecule has 2 saturated heterocycles. The lowest BCUT2D eigenvalue weighted by Crippen LogP contribution is -2.39. The van der Waals surface area contributed by atoms with E-state index in [1.54, 1.807) is 0 Å². The highest BCUT2D eigenvalue weighted by molar-refractivity contribution is 6.03. The first kappa shape index (κ1) is 14.0. The third-order valence-electron chi connectivity index (χ3n) is 5.31. The number of fused-ring (bicyclic) bond motifs is 3. The van der Waals surface area contributed by atoms with Crippen LogP contribution in [0.3, 0.4) is 0 Å². The summed E-state index contributed by atoms with van der Waals surface area (Å²) in [5, 5.41) is 3.58. The van der Waals surface area contributed by atoms with Crippen molar-refractivity contribution in [2.75, 3.05) is 13.1 Å². The lowest BCUT2D eigenvalue weighted by molar-refractivity contribution is 0.0712. The van der Waals surface area contributed by atoms with Gasteiger partial charge in [-0.2, -0.15) is 0 Å². The predicted molar refractivity (Wildman–Crippen MR) is 81.2 cm³/mol. The molecule has 3 aliphatic rings. The van der Waals surface area contributed by atoms with Crippen molar-refractivity contribution in [2.45, 2.75) is 57.5 Å².